The van der Waals surface area contributed by atoms with Gasteiger partial charge < -0.3 is 21.1 Å². The lowest BCUT2D eigenvalue weighted by Gasteiger charge is -2.21. The molecule has 152 valence electrons. The van der Waals surface area contributed by atoms with Crippen LogP contribution >= 0.6 is 0 Å². The minimum Gasteiger partial charge on any atom is -0.396 e. The zero-order valence-electron chi connectivity index (χ0n) is 16.8. The number of nitrogens with zero attached hydrogens (tertiary/aromatic N) is 1. The van der Waals surface area contributed by atoms with Crippen molar-refractivity contribution in [1.29, 1.82) is 5.41 Å². The summed E-state index contributed by atoms with van der Waals surface area (Å²) >= 11 is 0. The molecule has 0 saturated carbocycles. The third-order valence-corrected chi connectivity index (χ3v) is 4.66. The van der Waals surface area contributed by atoms with Crippen molar-refractivity contribution >= 4 is 11.7 Å². The summed E-state index contributed by atoms with van der Waals surface area (Å²) in [6.45, 7) is 3.38. The zero-order valence-corrected chi connectivity index (χ0v) is 16.8. The monoisotopic (exact) mass is 376 g/mol. The molecule has 0 spiro atoms. The Morgan fingerprint density at radius 3 is 2.37 bits per heavy atom. The predicted octanol–water partition coefficient (Wildman–Crippen LogP) is 2.09. The van der Waals surface area contributed by atoms with Gasteiger partial charge in [0.1, 0.15) is 0 Å². The first-order valence-corrected chi connectivity index (χ1v) is 9.92. The quantitative estimate of drug-likeness (QED) is 0.240. The van der Waals surface area contributed by atoms with Crippen molar-refractivity contribution in [1.82, 2.24) is 10.2 Å². The van der Waals surface area contributed by atoms with Gasteiger partial charge in [-0.3, -0.25) is 10.2 Å². The van der Waals surface area contributed by atoms with E-state index < -0.39 is 6.04 Å². The lowest BCUT2D eigenvalue weighted by Crippen LogP contribution is -2.42. The van der Waals surface area contributed by atoms with Crippen molar-refractivity contribution in [3.8, 4) is 0 Å². The number of likely N-dealkylation sites (N-methyl/N-ethyl adjacent to an activating group) is 1. The van der Waals surface area contributed by atoms with E-state index in [1.165, 1.54) is 11.1 Å². The van der Waals surface area contributed by atoms with Crippen molar-refractivity contribution in [2.45, 2.75) is 57.9 Å². The van der Waals surface area contributed by atoms with Crippen LogP contribution in [-0.2, 0) is 17.6 Å². The largest absolute Gasteiger partial charge is 0.396 e. The van der Waals surface area contributed by atoms with Crippen molar-refractivity contribution in [2.24, 2.45) is 5.73 Å². The van der Waals surface area contributed by atoms with Crippen LogP contribution in [0.2, 0.25) is 0 Å². The van der Waals surface area contributed by atoms with Crippen LogP contribution in [0.25, 0.3) is 0 Å². The molecule has 1 atom stereocenters. The second-order valence-corrected chi connectivity index (χ2v) is 7.16. The fraction of sp³-hybridized carbons (Fsp3) is 0.619. The van der Waals surface area contributed by atoms with Crippen LogP contribution in [0.4, 0.5) is 0 Å². The molecule has 1 aromatic carbocycles. The lowest BCUT2D eigenvalue weighted by molar-refractivity contribution is -0.131. The predicted molar refractivity (Wildman–Crippen MR) is 111 cm³/mol. The number of rotatable bonds is 13. The molecule has 1 unspecified atom stereocenters. The van der Waals surface area contributed by atoms with E-state index >= 15 is 0 Å². The molecule has 0 radical (unpaired) electrons. The molecule has 6 nitrogen and oxygen atoms in total. The first-order chi connectivity index (χ1) is 12.9. The van der Waals surface area contributed by atoms with E-state index in [1.54, 1.807) is 11.8 Å². The molecule has 0 fully saturated rings. The maximum absolute atomic E-state index is 12.4. The highest BCUT2D eigenvalue weighted by Gasteiger charge is 2.17. The summed E-state index contributed by atoms with van der Waals surface area (Å²) < 4.78 is 0. The Kier molecular flexibility index (Phi) is 11.4. The fourth-order valence-corrected chi connectivity index (χ4v) is 2.89. The van der Waals surface area contributed by atoms with E-state index in [1.807, 2.05) is 7.05 Å². The molecule has 1 rings (SSSR count). The van der Waals surface area contributed by atoms with Gasteiger partial charge in [-0.05, 0) is 63.0 Å². The first-order valence-electron chi connectivity index (χ1n) is 9.92. The van der Waals surface area contributed by atoms with Crippen molar-refractivity contribution in [3.63, 3.8) is 0 Å². The van der Waals surface area contributed by atoms with Gasteiger partial charge >= 0.3 is 0 Å². The number of nitrogens with two attached hydrogens (primary N) is 1. The SMILES string of the molecule is CC(=N)NCCCCC(N)C(=O)N(C)CCc1ccc(CCCCO)cc1. The third kappa shape index (κ3) is 10.1. The highest BCUT2D eigenvalue weighted by atomic mass is 16.2. The highest BCUT2D eigenvalue weighted by Crippen LogP contribution is 2.09. The number of carbonyl (C=O) groups excluding carboxylic acids is 1. The number of carbonyl (C=O) groups is 1. The summed E-state index contributed by atoms with van der Waals surface area (Å²) in [6, 6.07) is 8.04. The summed E-state index contributed by atoms with van der Waals surface area (Å²) in [5, 5.41) is 19.1. The number of hydrogen-bond acceptors (Lipinski definition) is 4. The average Bonchev–Trinajstić information content (AvgIpc) is 2.66. The second-order valence-electron chi connectivity index (χ2n) is 7.16. The van der Waals surface area contributed by atoms with E-state index in [2.05, 4.69) is 29.6 Å². The van der Waals surface area contributed by atoms with Gasteiger partial charge in [0.05, 0.1) is 11.9 Å². The molecule has 1 amide bonds. The molecule has 5 N–H and O–H groups in total. The van der Waals surface area contributed by atoms with Crippen LogP contribution in [0.3, 0.4) is 0 Å². The van der Waals surface area contributed by atoms with Gasteiger partial charge in [0.2, 0.25) is 5.91 Å². The Morgan fingerprint density at radius 2 is 1.78 bits per heavy atom. The summed E-state index contributed by atoms with van der Waals surface area (Å²) in [5.74, 6) is 0.458. The van der Waals surface area contributed by atoms with Gasteiger partial charge in [-0.2, -0.15) is 0 Å². The smallest absolute Gasteiger partial charge is 0.239 e. The van der Waals surface area contributed by atoms with Gasteiger partial charge in [0.25, 0.3) is 0 Å². The van der Waals surface area contributed by atoms with Gasteiger partial charge in [0.15, 0.2) is 0 Å². The van der Waals surface area contributed by atoms with Crippen molar-refractivity contribution in [3.05, 3.63) is 35.4 Å². The Balaban J connectivity index is 2.28. The molecule has 0 bridgehead atoms. The van der Waals surface area contributed by atoms with E-state index in [4.69, 9.17) is 16.2 Å². The highest BCUT2D eigenvalue weighted by molar-refractivity contribution is 5.81. The topological polar surface area (TPSA) is 102 Å². The molecule has 0 aliphatic carbocycles. The van der Waals surface area contributed by atoms with Gasteiger partial charge in [-0.15, -0.1) is 0 Å². The molecular formula is C21H36N4O2. The van der Waals surface area contributed by atoms with Crippen LogP contribution in [0, 0.1) is 5.41 Å². The maximum Gasteiger partial charge on any atom is 0.239 e. The maximum atomic E-state index is 12.4. The number of amidine groups is 1. The van der Waals surface area contributed by atoms with Crippen LogP contribution in [0.5, 0.6) is 0 Å². The van der Waals surface area contributed by atoms with Crippen molar-refractivity contribution < 1.29 is 9.90 Å². The second kappa shape index (κ2) is 13.3. The summed E-state index contributed by atoms with van der Waals surface area (Å²) in [4.78, 5) is 14.1. The standard InChI is InChI=1S/C21H36N4O2/c1-17(22)24-14-5-3-8-20(23)21(27)25(2)15-13-19-11-9-18(10-12-19)7-4-6-16-26/h9-12,20,26H,3-8,13-16,23H2,1-2H3,(H2,22,24). The van der Waals surface area contributed by atoms with Crippen molar-refractivity contribution in [2.75, 3.05) is 26.7 Å². The molecule has 0 aliphatic rings. The lowest BCUT2D eigenvalue weighted by atomic mass is 10.0. The third-order valence-electron chi connectivity index (χ3n) is 4.66. The molecule has 0 aliphatic heterocycles. The minimum absolute atomic E-state index is 0.00758. The van der Waals surface area contributed by atoms with Crippen LogP contribution in [0.15, 0.2) is 24.3 Å². The van der Waals surface area contributed by atoms with Gasteiger partial charge in [-0.1, -0.05) is 24.3 Å². The first kappa shape index (κ1) is 23.1. The fourth-order valence-electron chi connectivity index (χ4n) is 2.89. The summed E-state index contributed by atoms with van der Waals surface area (Å²) in [5.41, 5.74) is 8.53. The number of amides is 1. The number of aryl methyl sites for hydroxylation is 1. The van der Waals surface area contributed by atoms with Crippen LogP contribution in [-0.4, -0.2) is 54.5 Å². The normalized spacial score (nSPS) is 11.9. The van der Waals surface area contributed by atoms with E-state index in [0.717, 1.165) is 45.1 Å². The number of hydrogen-bond donors (Lipinski definition) is 4. The molecule has 0 heterocycles. The molecule has 6 heteroatoms. The minimum atomic E-state index is -0.454. The number of aliphatic hydroxyl groups excluding tert-OH is 1. The van der Waals surface area contributed by atoms with Crippen LogP contribution in [0.1, 0.15) is 50.2 Å². The number of nitrogens with one attached hydrogen (secondary N) is 2. The van der Waals surface area contributed by atoms with Gasteiger partial charge in [0, 0.05) is 26.7 Å². The molecule has 1 aromatic rings. The van der Waals surface area contributed by atoms with E-state index in [0.29, 0.717) is 18.8 Å². The number of aliphatic hydroxyl groups is 1. The van der Waals surface area contributed by atoms with Gasteiger partial charge in [-0.25, -0.2) is 0 Å². The molecule has 27 heavy (non-hydrogen) atoms. The van der Waals surface area contributed by atoms with Crippen LogP contribution < -0.4 is 11.1 Å². The molecule has 0 aromatic heterocycles. The molecule has 0 saturated heterocycles. The summed E-state index contributed by atoms with van der Waals surface area (Å²) in [7, 11) is 1.81. The number of benzene rings is 1. The van der Waals surface area contributed by atoms with E-state index in [9.17, 15) is 4.79 Å². The van der Waals surface area contributed by atoms with E-state index in [-0.39, 0.29) is 12.5 Å². The Morgan fingerprint density at radius 1 is 1.15 bits per heavy atom. The Hall–Kier alpha value is -1.92. The Bertz CT molecular complexity index is 560. The summed E-state index contributed by atoms with van der Waals surface area (Å²) in [6.07, 6.45) is 6.10. The average molecular weight is 377 g/mol. The molecular weight excluding hydrogens is 340 g/mol. The zero-order chi connectivity index (χ0) is 20.1. The Labute approximate surface area is 163 Å². The number of unbranched alkanes of at least 4 members (excludes halogenated alkanes) is 2.